The van der Waals surface area contributed by atoms with Crippen LogP contribution in [0.5, 0.6) is 5.75 Å². The minimum absolute atomic E-state index is 0.0376. The smallest absolute Gasteiger partial charge is 0.266 e. The van der Waals surface area contributed by atoms with Crippen molar-refractivity contribution in [1.29, 1.82) is 0 Å². The highest BCUT2D eigenvalue weighted by Gasteiger charge is 2.22. The Morgan fingerprint density at radius 1 is 1.12 bits per heavy atom. The van der Waals surface area contributed by atoms with E-state index < -0.39 is 21.7 Å². The highest BCUT2D eigenvalue weighted by molar-refractivity contribution is 7.89. The van der Waals surface area contributed by atoms with E-state index in [1.807, 2.05) is 18.2 Å². The van der Waals surface area contributed by atoms with Crippen LogP contribution in [0, 0.1) is 5.82 Å². The van der Waals surface area contributed by atoms with E-state index in [0.717, 1.165) is 12.3 Å². The van der Waals surface area contributed by atoms with Crippen molar-refractivity contribution >= 4 is 50.0 Å². The lowest BCUT2D eigenvalue weighted by Crippen LogP contribution is -2.29. The van der Waals surface area contributed by atoms with Crippen molar-refractivity contribution in [2.45, 2.75) is 0 Å². The number of hydrogen-bond donors (Lipinski definition) is 1. The molecule has 4 rings (SSSR count). The van der Waals surface area contributed by atoms with Gasteiger partial charge in [-0.05, 0) is 42.5 Å². The second-order valence-corrected chi connectivity index (χ2v) is 9.70. The number of hydrogen-bond acceptors (Lipinski definition) is 5. The second kappa shape index (κ2) is 8.66. The molecule has 0 atom stereocenters. The van der Waals surface area contributed by atoms with Crippen LogP contribution in [0.4, 0.5) is 4.39 Å². The summed E-state index contributed by atoms with van der Waals surface area (Å²) in [5.41, 5.74) is 1.34. The number of ether oxygens (including phenoxy) is 1. The minimum atomic E-state index is -3.85. The zero-order valence-corrected chi connectivity index (χ0v) is 19.6. The zero-order chi connectivity index (χ0) is 23.9. The maximum atomic E-state index is 15.2. The summed E-state index contributed by atoms with van der Waals surface area (Å²) in [5.74, 6) is -1.31. The molecule has 0 spiro atoms. The summed E-state index contributed by atoms with van der Waals surface area (Å²) in [5, 5.41) is 5.55. The maximum absolute atomic E-state index is 15.2. The Balaban J connectivity index is 1.93. The molecular weight excluding hydrogens is 492 g/mol. The van der Waals surface area contributed by atoms with Gasteiger partial charge in [-0.25, -0.2) is 22.2 Å². The van der Waals surface area contributed by atoms with Gasteiger partial charge in [-0.2, -0.15) is 5.10 Å². The lowest BCUT2D eigenvalue weighted by Gasteiger charge is -2.10. The highest BCUT2D eigenvalue weighted by atomic mass is 35.5. The summed E-state index contributed by atoms with van der Waals surface area (Å²) < 4.78 is 46.4. The van der Waals surface area contributed by atoms with Crippen LogP contribution in [0.3, 0.4) is 0 Å². The molecule has 0 unspecified atom stereocenters. The van der Waals surface area contributed by atoms with Crippen molar-refractivity contribution in [3.63, 3.8) is 0 Å². The molecule has 0 saturated carbocycles. The summed E-state index contributed by atoms with van der Waals surface area (Å²) in [7, 11) is -2.32. The van der Waals surface area contributed by atoms with Gasteiger partial charge in [0.05, 0.1) is 29.5 Å². The number of fused-ring (bicyclic) bond motifs is 1. The van der Waals surface area contributed by atoms with Gasteiger partial charge in [0.1, 0.15) is 22.9 Å². The first-order valence-corrected chi connectivity index (χ1v) is 12.1. The second-order valence-electron chi connectivity index (χ2n) is 7.11. The van der Waals surface area contributed by atoms with Gasteiger partial charge in [-0.15, -0.1) is 0 Å². The van der Waals surface area contributed by atoms with Crippen LogP contribution >= 0.6 is 23.2 Å². The zero-order valence-electron chi connectivity index (χ0n) is 17.3. The number of nitrogens with one attached hydrogen (secondary N) is 1. The number of sulfonamides is 1. The molecule has 4 aromatic rings. The Kier molecular flexibility index (Phi) is 6.04. The van der Waals surface area contributed by atoms with E-state index in [1.54, 1.807) is 29.0 Å². The number of amides is 1. The molecule has 11 heteroatoms. The monoisotopic (exact) mass is 507 g/mol. The van der Waals surface area contributed by atoms with E-state index in [4.69, 9.17) is 27.9 Å². The van der Waals surface area contributed by atoms with Crippen molar-refractivity contribution < 1.29 is 22.3 Å². The maximum Gasteiger partial charge on any atom is 0.266 e. The number of carbonyl (C=O) groups excluding carboxylic acids is 1. The van der Waals surface area contributed by atoms with E-state index in [2.05, 4.69) is 5.10 Å². The van der Waals surface area contributed by atoms with Crippen LogP contribution in [0.15, 0.2) is 54.6 Å². The van der Waals surface area contributed by atoms with Gasteiger partial charge < -0.3 is 4.74 Å². The van der Waals surface area contributed by atoms with Gasteiger partial charge in [0.15, 0.2) is 0 Å². The van der Waals surface area contributed by atoms with Crippen LogP contribution in [-0.2, 0) is 10.0 Å². The SMILES string of the molecule is COc1ccccc1-c1nn(-c2cc(Cl)c(C(=O)NS(C)(=O)=O)cc2F)c2ccc(Cl)cc12. The van der Waals surface area contributed by atoms with Gasteiger partial charge in [0, 0.05) is 16.0 Å². The summed E-state index contributed by atoms with van der Waals surface area (Å²) in [6.07, 6.45) is 0.809. The number of methoxy groups -OCH3 is 1. The van der Waals surface area contributed by atoms with E-state index in [-0.39, 0.29) is 16.3 Å². The van der Waals surface area contributed by atoms with Crippen LogP contribution in [0.25, 0.3) is 27.8 Å². The fraction of sp³-hybridized carbons (Fsp3) is 0.0909. The minimum Gasteiger partial charge on any atom is -0.496 e. The fourth-order valence-corrected chi connectivity index (χ4v) is 4.27. The molecular formula is C22H16Cl2FN3O4S. The lowest BCUT2D eigenvalue weighted by molar-refractivity contribution is 0.0981. The summed E-state index contributed by atoms with van der Waals surface area (Å²) in [6, 6.07) is 14.3. The van der Waals surface area contributed by atoms with Gasteiger partial charge in [-0.1, -0.05) is 35.3 Å². The van der Waals surface area contributed by atoms with Gasteiger partial charge >= 0.3 is 0 Å². The van der Waals surface area contributed by atoms with E-state index in [0.29, 0.717) is 32.9 Å². The number of para-hydroxylation sites is 1. The van der Waals surface area contributed by atoms with E-state index in [9.17, 15) is 13.2 Å². The molecule has 1 N–H and O–H groups in total. The number of halogens is 3. The van der Waals surface area contributed by atoms with Crippen LogP contribution in [-0.4, -0.2) is 37.5 Å². The molecule has 0 aliphatic rings. The van der Waals surface area contributed by atoms with Gasteiger partial charge in [0.25, 0.3) is 5.91 Å². The standard InChI is InChI=1S/C22H16Cl2FN3O4S/c1-32-20-6-4-3-5-13(20)21-15-9-12(23)7-8-18(15)28(26-21)19-11-16(24)14(10-17(19)25)22(29)27-33(2,30)31/h3-11H,1-2H3,(H,27,29). The lowest BCUT2D eigenvalue weighted by atomic mass is 10.1. The van der Waals surface area contributed by atoms with Crippen LogP contribution < -0.4 is 9.46 Å². The average Bonchev–Trinajstić information content (AvgIpc) is 3.12. The normalized spacial score (nSPS) is 11.5. The van der Waals surface area contributed by atoms with Crippen molar-refractivity contribution in [2.24, 2.45) is 0 Å². The third kappa shape index (κ3) is 4.52. The fourth-order valence-electron chi connectivity index (χ4n) is 3.41. The molecule has 0 saturated heterocycles. The number of aromatic nitrogens is 2. The molecule has 0 fully saturated rings. The average molecular weight is 508 g/mol. The Bertz CT molecular complexity index is 1520. The molecule has 0 bridgehead atoms. The summed E-state index contributed by atoms with van der Waals surface area (Å²) in [4.78, 5) is 12.2. The number of benzene rings is 3. The van der Waals surface area contributed by atoms with Crippen LogP contribution in [0.1, 0.15) is 10.4 Å². The molecule has 1 aromatic heterocycles. The predicted octanol–water partition coefficient (Wildman–Crippen LogP) is 4.84. The molecule has 0 aliphatic carbocycles. The Labute approximate surface area is 198 Å². The topological polar surface area (TPSA) is 90.3 Å². The first-order valence-electron chi connectivity index (χ1n) is 9.42. The highest BCUT2D eigenvalue weighted by Crippen LogP contribution is 2.37. The van der Waals surface area contributed by atoms with Gasteiger partial charge in [0.2, 0.25) is 10.0 Å². The molecule has 3 aromatic carbocycles. The molecule has 33 heavy (non-hydrogen) atoms. The van der Waals surface area contributed by atoms with E-state index in [1.165, 1.54) is 17.9 Å². The van der Waals surface area contributed by atoms with Crippen molar-refractivity contribution in [1.82, 2.24) is 14.5 Å². The number of carbonyl (C=O) groups is 1. The van der Waals surface area contributed by atoms with Crippen molar-refractivity contribution in [3.8, 4) is 22.7 Å². The molecule has 7 nitrogen and oxygen atoms in total. The van der Waals surface area contributed by atoms with Crippen molar-refractivity contribution in [2.75, 3.05) is 13.4 Å². The number of rotatable bonds is 5. The third-order valence-corrected chi connectivity index (χ3v) is 5.90. The quantitative estimate of drug-likeness (QED) is 0.417. The first kappa shape index (κ1) is 23.0. The third-order valence-electron chi connectivity index (χ3n) is 4.79. The van der Waals surface area contributed by atoms with Crippen LogP contribution in [0.2, 0.25) is 10.0 Å². The summed E-state index contributed by atoms with van der Waals surface area (Å²) in [6.45, 7) is 0. The molecule has 170 valence electrons. The van der Waals surface area contributed by atoms with Crippen molar-refractivity contribution in [3.05, 3.63) is 76.0 Å². The Morgan fingerprint density at radius 3 is 2.55 bits per heavy atom. The predicted molar refractivity (Wildman–Crippen MR) is 125 cm³/mol. The molecule has 1 heterocycles. The number of nitrogens with zero attached hydrogens (tertiary/aromatic N) is 2. The van der Waals surface area contributed by atoms with E-state index >= 15 is 4.39 Å². The molecule has 0 radical (unpaired) electrons. The molecule has 1 amide bonds. The first-order chi connectivity index (χ1) is 15.6. The Morgan fingerprint density at radius 2 is 1.85 bits per heavy atom. The molecule has 0 aliphatic heterocycles. The largest absolute Gasteiger partial charge is 0.496 e. The Hall–Kier alpha value is -3.14. The van der Waals surface area contributed by atoms with Gasteiger partial charge in [-0.3, -0.25) is 4.79 Å². The summed E-state index contributed by atoms with van der Waals surface area (Å²) >= 11 is 12.4.